The summed E-state index contributed by atoms with van der Waals surface area (Å²) >= 11 is 0. The number of hydrogen-bond acceptors (Lipinski definition) is 4. The van der Waals surface area contributed by atoms with E-state index in [0.29, 0.717) is 6.54 Å². The van der Waals surface area contributed by atoms with E-state index in [2.05, 4.69) is 0 Å². The van der Waals surface area contributed by atoms with Gasteiger partial charge in [-0.1, -0.05) is 30.3 Å². The maximum absolute atomic E-state index is 11.5. The summed E-state index contributed by atoms with van der Waals surface area (Å²) < 4.78 is 5.33. The lowest BCUT2D eigenvalue weighted by atomic mass is 10.2. The standard InChI is InChI=1S/C15H17NO4/c1-16(8-11-5-3-2-4-6-11)9-14-15(19)13(18)7-12(10-17)20-14/h2-7,17,19H,8-10H2,1H3/p+1. The number of aliphatic hydroxyl groups excluding tert-OH is 1. The molecular weight excluding hydrogens is 258 g/mol. The second-order valence-electron chi connectivity index (χ2n) is 4.80. The van der Waals surface area contributed by atoms with Crippen molar-refractivity contribution in [3.05, 3.63) is 63.7 Å². The fourth-order valence-electron chi connectivity index (χ4n) is 2.07. The van der Waals surface area contributed by atoms with Gasteiger partial charge in [-0.3, -0.25) is 4.79 Å². The number of aliphatic hydroxyl groups is 1. The average molecular weight is 276 g/mol. The van der Waals surface area contributed by atoms with Crippen LogP contribution in [-0.4, -0.2) is 17.3 Å². The first-order valence-electron chi connectivity index (χ1n) is 6.41. The molecule has 1 atom stereocenters. The molecule has 0 aliphatic rings. The van der Waals surface area contributed by atoms with E-state index in [9.17, 15) is 9.90 Å². The summed E-state index contributed by atoms with van der Waals surface area (Å²) in [4.78, 5) is 12.6. The smallest absolute Gasteiger partial charge is 0.227 e. The van der Waals surface area contributed by atoms with Gasteiger partial charge < -0.3 is 19.5 Å². The van der Waals surface area contributed by atoms with Gasteiger partial charge in [0.1, 0.15) is 25.5 Å². The Morgan fingerprint density at radius 2 is 1.90 bits per heavy atom. The molecule has 20 heavy (non-hydrogen) atoms. The third-order valence-corrected chi connectivity index (χ3v) is 3.01. The number of rotatable bonds is 5. The first-order chi connectivity index (χ1) is 9.60. The van der Waals surface area contributed by atoms with Gasteiger partial charge in [0.2, 0.25) is 16.9 Å². The number of benzene rings is 1. The minimum Gasteiger partial charge on any atom is -0.502 e. The normalized spacial score (nSPS) is 12.3. The highest BCUT2D eigenvalue weighted by Gasteiger charge is 2.15. The van der Waals surface area contributed by atoms with Gasteiger partial charge in [-0.05, 0) is 0 Å². The zero-order valence-corrected chi connectivity index (χ0v) is 11.3. The van der Waals surface area contributed by atoms with Crippen molar-refractivity contribution in [3.63, 3.8) is 0 Å². The van der Waals surface area contributed by atoms with E-state index in [-0.39, 0.29) is 23.9 Å². The summed E-state index contributed by atoms with van der Waals surface area (Å²) in [6, 6.07) is 11.0. The average Bonchev–Trinajstić information content (AvgIpc) is 2.44. The van der Waals surface area contributed by atoms with Gasteiger partial charge in [0.15, 0.2) is 0 Å². The van der Waals surface area contributed by atoms with Crippen molar-refractivity contribution in [3.8, 4) is 5.75 Å². The highest BCUT2D eigenvalue weighted by atomic mass is 16.4. The van der Waals surface area contributed by atoms with E-state index in [1.54, 1.807) is 0 Å². The lowest BCUT2D eigenvalue weighted by molar-refractivity contribution is -0.908. The topological polar surface area (TPSA) is 75.1 Å². The lowest BCUT2D eigenvalue weighted by Gasteiger charge is -2.14. The van der Waals surface area contributed by atoms with Crippen LogP contribution in [0.1, 0.15) is 17.1 Å². The van der Waals surface area contributed by atoms with E-state index >= 15 is 0 Å². The number of nitrogens with one attached hydrogen (secondary N) is 1. The Balaban J connectivity index is 2.13. The first kappa shape index (κ1) is 14.3. The van der Waals surface area contributed by atoms with Crippen LogP contribution < -0.4 is 10.3 Å². The Hall–Kier alpha value is -2.11. The molecule has 1 unspecified atom stereocenters. The van der Waals surface area contributed by atoms with Crippen molar-refractivity contribution in [2.45, 2.75) is 19.7 Å². The molecule has 2 rings (SSSR count). The molecule has 0 amide bonds. The van der Waals surface area contributed by atoms with Crippen LogP contribution in [0.4, 0.5) is 0 Å². The van der Waals surface area contributed by atoms with Crippen molar-refractivity contribution in [1.29, 1.82) is 0 Å². The Morgan fingerprint density at radius 1 is 1.20 bits per heavy atom. The quantitative estimate of drug-likeness (QED) is 0.721. The van der Waals surface area contributed by atoms with Crippen LogP contribution in [0.15, 0.2) is 45.6 Å². The molecule has 0 saturated heterocycles. The Labute approximate surface area is 116 Å². The van der Waals surface area contributed by atoms with E-state index in [4.69, 9.17) is 9.52 Å². The molecule has 5 nitrogen and oxygen atoms in total. The minimum atomic E-state index is -0.525. The van der Waals surface area contributed by atoms with E-state index < -0.39 is 5.43 Å². The molecule has 0 aliphatic heterocycles. The molecule has 106 valence electrons. The molecular formula is C15H18NO4+. The predicted molar refractivity (Wildman–Crippen MR) is 73.3 cm³/mol. The van der Waals surface area contributed by atoms with Crippen molar-refractivity contribution in [2.24, 2.45) is 0 Å². The highest BCUT2D eigenvalue weighted by molar-refractivity contribution is 5.24. The fraction of sp³-hybridized carbons (Fsp3) is 0.267. The summed E-state index contributed by atoms with van der Waals surface area (Å²) in [5.41, 5.74) is 0.632. The van der Waals surface area contributed by atoms with Crippen LogP contribution >= 0.6 is 0 Å². The number of quaternary nitrogens is 1. The predicted octanol–water partition coefficient (Wildman–Crippen LogP) is 0.0526. The zero-order chi connectivity index (χ0) is 14.5. The summed E-state index contributed by atoms with van der Waals surface area (Å²) in [5.74, 6) is -0.0140. The number of hydrogen-bond donors (Lipinski definition) is 3. The Bertz CT molecular complexity index is 622. The second kappa shape index (κ2) is 6.36. The molecule has 1 heterocycles. The van der Waals surface area contributed by atoms with Gasteiger partial charge >= 0.3 is 0 Å². The van der Waals surface area contributed by atoms with Crippen molar-refractivity contribution < 1.29 is 19.5 Å². The summed E-state index contributed by atoms with van der Waals surface area (Å²) in [6.07, 6.45) is 0. The molecule has 0 spiro atoms. The summed E-state index contributed by atoms with van der Waals surface area (Å²) in [6.45, 7) is 0.747. The molecule has 0 fully saturated rings. The van der Waals surface area contributed by atoms with Crippen molar-refractivity contribution in [1.82, 2.24) is 0 Å². The molecule has 1 aromatic heterocycles. The summed E-state index contributed by atoms with van der Waals surface area (Å²) in [7, 11) is 1.94. The maximum Gasteiger partial charge on any atom is 0.227 e. The van der Waals surface area contributed by atoms with Gasteiger partial charge in [-0.15, -0.1) is 0 Å². The van der Waals surface area contributed by atoms with Gasteiger partial charge in [0.05, 0.1) is 7.05 Å². The van der Waals surface area contributed by atoms with E-state index in [0.717, 1.165) is 23.1 Å². The van der Waals surface area contributed by atoms with Crippen LogP contribution in [0.25, 0.3) is 0 Å². The molecule has 0 aliphatic carbocycles. The van der Waals surface area contributed by atoms with Gasteiger partial charge in [-0.25, -0.2) is 0 Å². The fourth-order valence-corrected chi connectivity index (χ4v) is 2.07. The highest BCUT2D eigenvalue weighted by Crippen LogP contribution is 2.12. The zero-order valence-electron chi connectivity index (χ0n) is 11.3. The maximum atomic E-state index is 11.5. The Kier molecular flexibility index (Phi) is 4.55. The van der Waals surface area contributed by atoms with Crippen molar-refractivity contribution in [2.75, 3.05) is 7.05 Å². The van der Waals surface area contributed by atoms with Gasteiger partial charge in [0, 0.05) is 11.6 Å². The van der Waals surface area contributed by atoms with Crippen LogP contribution in [0.3, 0.4) is 0 Å². The lowest BCUT2D eigenvalue weighted by Crippen LogP contribution is -3.06. The van der Waals surface area contributed by atoms with Crippen LogP contribution in [0, 0.1) is 0 Å². The van der Waals surface area contributed by atoms with Crippen LogP contribution in [0.2, 0.25) is 0 Å². The monoisotopic (exact) mass is 276 g/mol. The minimum absolute atomic E-state index is 0.162. The largest absolute Gasteiger partial charge is 0.502 e. The third-order valence-electron chi connectivity index (χ3n) is 3.01. The second-order valence-corrected chi connectivity index (χ2v) is 4.80. The molecule has 3 N–H and O–H groups in total. The van der Waals surface area contributed by atoms with Crippen molar-refractivity contribution >= 4 is 0 Å². The molecule has 1 aromatic carbocycles. The molecule has 2 aromatic rings. The first-order valence-corrected chi connectivity index (χ1v) is 6.41. The van der Waals surface area contributed by atoms with Gasteiger partial charge in [-0.2, -0.15) is 0 Å². The SMILES string of the molecule is C[NH+](Cc1ccccc1)Cc1oc(CO)cc(=O)c1O. The van der Waals surface area contributed by atoms with Crippen LogP contribution in [0.5, 0.6) is 5.75 Å². The third kappa shape index (κ3) is 3.46. The Morgan fingerprint density at radius 3 is 2.55 bits per heavy atom. The van der Waals surface area contributed by atoms with E-state index in [1.165, 1.54) is 0 Å². The number of aromatic hydroxyl groups is 1. The van der Waals surface area contributed by atoms with Gasteiger partial charge in [0.25, 0.3) is 0 Å². The molecule has 5 heteroatoms. The molecule has 0 bridgehead atoms. The molecule has 0 radical (unpaired) electrons. The van der Waals surface area contributed by atoms with Crippen LogP contribution in [-0.2, 0) is 19.7 Å². The van der Waals surface area contributed by atoms with E-state index in [1.807, 2.05) is 37.4 Å². The summed E-state index contributed by atoms with van der Waals surface area (Å²) in [5, 5.41) is 18.8. The molecule has 0 saturated carbocycles.